The number of nitrogens with one attached hydrogen (secondary N) is 2. The smallest absolute Gasteiger partial charge is 0.269 e. The highest BCUT2D eigenvalue weighted by Gasteiger charge is 2.17. The molecule has 0 radical (unpaired) electrons. The van der Waals surface area contributed by atoms with Crippen molar-refractivity contribution in [2.45, 2.75) is 6.42 Å². The van der Waals surface area contributed by atoms with Crippen LogP contribution in [0.15, 0.2) is 60.8 Å². The van der Waals surface area contributed by atoms with Gasteiger partial charge in [-0.2, -0.15) is 0 Å². The second kappa shape index (κ2) is 7.20. The van der Waals surface area contributed by atoms with E-state index < -0.39 is 4.92 Å². The zero-order valence-electron chi connectivity index (χ0n) is 14.5. The maximum Gasteiger partial charge on any atom is 0.269 e. The number of non-ortho nitro benzene ring substituents is 1. The van der Waals surface area contributed by atoms with Crippen LogP contribution in [0.1, 0.15) is 12.0 Å². The fourth-order valence-electron chi connectivity index (χ4n) is 3.30. The molecule has 0 aliphatic carbocycles. The Morgan fingerprint density at radius 3 is 2.67 bits per heavy atom. The molecule has 1 aliphatic heterocycles. The van der Waals surface area contributed by atoms with Crippen molar-refractivity contribution in [2.24, 2.45) is 0 Å². The molecule has 0 amide bonds. The highest BCUT2D eigenvalue weighted by atomic mass is 32.1. The molecule has 27 heavy (non-hydrogen) atoms. The minimum Gasteiger partial charge on any atom is -0.361 e. The zero-order valence-corrected chi connectivity index (χ0v) is 15.3. The number of aromatic amines is 1. The van der Waals surface area contributed by atoms with Gasteiger partial charge in [-0.1, -0.05) is 24.3 Å². The standard InChI is InChI=1S/C20H18N4O2S/c25-24(26)16-7-5-15(6-8-16)22-20(27)23-11-9-14(10-12-23)18-13-21-19-4-2-1-3-17(18)19/h1-9,13,21H,10-12H2,(H,22,27). The van der Waals surface area contributed by atoms with Gasteiger partial charge in [0, 0.05) is 53.6 Å². The van der Waals surface area contributed by atoms with Crippen LogP contribution in [0.3, 0.4) is 0 Å². The summed E-state index contributed by atoms with van der Waals surface area (Å²) in [5, 5.41) is 15.8. The molecule has 0 saturated carbocycles. The SMILES string of the molecule is O=[N+]([O-])c1ccc(NC(=S)N2CC=C(c3c[nH]c4ccccc34)CC2)cc1. The minimum absolute atomic E-state index is 0.0655. The van der Waals surface area contributed by atoms with E-state index in [4.69, 9.17) is 12.2 Å². The predicted molar refractivity (Wildman–Crippen MR) is 112 cm³/mol. The summed E-state index contributed by atoms with van der Waals surface area (Å²) in [6, 6.07) is 14.6. The molecular formula is C20H18N4O2S. The first-order valence-electron chi connectivity index (χ1n) is 8.68. The molecule has 7 heteroatoms. The van der Waals surface area contributed by atoms with E-state index in [2.05, 4.69) is 45.7 Å². The molecule has 0 spiro atoms. The van der Waals surface area contributed by atoms with Crippen molar-refractivity contribution in [1.82, 2.24) is 9.88 Å². The van der Waals surface area contributed by atoms with Crippen LogP contribution in [0, 0.1) is 10.1 Å². The van der Waals surface area contributed by atoms with Crippen LogP contribution in [0.5, 0.6) is 0 Å². The van der Waals surface area contributed by atoms with Crippen LogP contribution in [0.2, 0.25) is 0 Å². The number of rotatable bonds is 3. The fourth-order valence-corrected chi connectivity index (χ4v) is 3.59. The first-order chi connectivity index (χ1) is 13.1. The van der Waals surface area contributed by atoms with Gasteiger partial charge in [0.15, 0.2) is 5.11 Å². The first-order valence-corrected chi connectivity index (χ1v) is 9.08. The highest BCUT2D eigenvalue weighted by Crippen LogP contribution is 2.29. The number of benzene rings is 2. The second-order valence-electron chi connectivity index (χ2n) is 6.41. The van der Waals surface area contributed by atoms with E-state index in [1.807, 2.05) is 6.07 Å². The summed E-state index contributed by atoms with van der Waals surface area (Å²) in [5.74, 6) is 0. The van der Waals surface area contributed by atoms with E-state index in [0.717, 1.165) is 30.7 Å². The van der Waals surface area contributed by atoms with Crippen molar-refractivity contribution in [3.8, 4) is 0 Å². The van der Waals surface area contributed by atoms with Gasteiger partial charge in [-0.05, 0) is 42.4 Å². The number of fused-ring (bicyclic) bond motifs is 1. The molecule has 0 unspecified atom stereocenters. The van der Waals surface area contributed by atoms with Crippen molar-refractivity contribution < 1.29 is 4.92 Å². The molecular weight excluding hydrogens is 360 g/mol. The number of aromatic nitrogens is 1. The summed E-state index contributed by atoms with van der Waals surface area (Å²) in [5.41, 5.74) is 4.53. The van der Waals surface area contributed by atoms with E-state index in [1.165, 1.54) is 28.7 Å². The molecule has 6 nitrogen and oxygen atoms in total. The Morgan fingerprint density at radius 1 is 1.19 bits per heavy atom. The Hall–Kier alpha value is -3.19. The number of anilines is 1. The average molecular weight is 378 g/mol. The summed E-state index contributed by atoms with van der Waals surface area (Å²) >= 11 is 5.50. The maximum absolute atomic E-state index is 10.7. The lowest BCUT2D eigenvalue weighted by molar-refractivity contribution is -0.384. The lowest BCUT2D eigenvalue weighted by Crippen LogP contribution is -2.37. The Balaban J connectivity index is 1.43. The Morgan fingerprint density at radius 2 is 1.96 bits per heavy atom. The number of nitro benzene ring substituents is 1. The van der Waals surface area contributed by atoms with E-state index in [0.29, 0.717) is 5.11 Å². The third kappa shape index (κ3) is 3.54. The van der Waals surface area contributed by atoms with E-state index >= 15 is 0 Å². The molecule has 4 rings (SSSR count). The van der Waals surface area contributed by atoms with Crippen molar-refractivity contribution >= 4 is 45.2 Å². The van der Waals surface area contributed by atoms with Gasteiger partial charge in [0.2, 0.25) is 0 Å². The molecule has 0 atom stereocenters. The summed E-state index contributed by atoms with van der Waals surface area (Å²) in [7, 11) is 0. The Bertz CT molecular complexity index is 1040. The lowest BCUT2D eigenvalue weighted by Gasteiger charge is -2.29. The van der Waals surface area contributed by atoms with E-state index in [1.54, 1.807) is 12.1 Å². The van der Waals surface area contributed by atoms with Crippen LogP contribution in [0.4, 0.5) is 11.4 Å². The van der Waals surface area contributed by atoms with Crippen molar-refractivity contribution in [3.63, 3.8) is 0 Å². The van der Waals surface area contributed by atoms with Crippen LogP contribution in [0.25, 0.3) is 16.5 Å². The van der Waals surface area contributed by atoms with Crippen molar-refractivity contribution in [3.05, 3.63) is 76.5 Å². The van der Waals surface area contributed by atoms with Crippen LogP contribution in [-0.4, -0.2) is 33.0 Å². The molecule has 3 aromatic rings. The second-order valence-corrected chi connectivity index (χ2v) is 6.79. The van der Waals surface area contributed by atoms with Gasteiger partial charge in [-0.25, -0.2) is 0 Å². The van der Waals surface area contributed by atoms with Gasteiger partial charge in [-0.15, -0.1) is 0 Å². The van der Waals surface area contributed by atoms with E-state index in [-0.39, 0.29) is 5.69 Å². The molecule has 2 heterocycles. The molecule has 1 aromatic heterocycles. The normalized spacial score (nSPS) is 14.1. The van der Waals surface area contributed by atoms with Gasteiger partial charge in [0.1, 0.15) is 0 Å². The van der Waals surface area contributed by atoms with Gasteiger partial charge in [0.25, 0.3) is 5.69 Å². The Kier molecular flexibility index (Phi) is 4.60. The predicted octanol–water partition coefficient (Wildman–Crippen LogP) is 4.56. The molecule has 2 aromatic carbocycles. The maximum atomic E-state index is 10.7. The third-order valence-corrected chi connectivity index (χ3v) is 5.12. The highest BCUT2D eigenvalue weighted by molar-refractivity contribution is 7.80. The number of para-hydroxylation sites is 1. The van der Waals surface area contributed by atoms with Gasteiger partial charge >= 0.3 is 0 Å². The zero-order chi connectivity index (χ0) is 18.8. The average Bonchev–Trinajstić information content (AvgIpc) is 3.12. The van der Waals surface area contributed by atoms with Crippen LogP contribution in [-0.2, 0) is 0 Å². The molecule has 0 saturated heterocycles. The summed E-state index contributed by atoms with van der Waals surface area (Å²) in [6.45, 7) is 1.55. The molecule has 2 N–H and O–H groups in total. The minimum atomic E-state index is -0.413. The van der Waals surface area contributed by atoms with E-state index in [9.17, 15) is 10.1 Å². The third-order valence-electron chi connectivity index (χ3n) is 4.76. The number of thiocarbonyl (C=S) groups is 1. The van der Waals surface area contributed by atoms with Crippen LogP contribution >= 0.6 is 12.2 Å². The summed E-state index contributed by atoms with van der Waals surface area (Å²) in [6.07, 6.45) is 5.19. The van der Waals surface area contributed by atoms with Crippen LogP contribution < -0.4 is 5.32 Å². The summed E-state index contributed by atoms with van der Waals surface area (Å²) < 4.78 is 0. The van der Waals surface area contributed by atoms with Crippen molar-refractivity contribution in [1.29, 1.82) is 0 Å². The quantitative estimate of drug-likeness (QED) is 0.397. The van der Waals surface area contributed by atoms with Gasteiger partial charge in [-0.3, -0.25) is 10.1 Å². The lowest BCUT2D eigenvalue weighted by atomic mass is 9.99. The molecule has 0 bridgehead atoms. The number of nitro groups is 1. The fraction of sp³-hybridized carbons (Fsp3) is 0.150. The molecule has 1 aliphatic rings. The topological polar surface area (TPSA) is 74.2 Å². The van der Waals surface area contributed by atoms with Crippen molar-refractivity contribution in [2.75, 3.05) is 18.4 Å². The number of hydrogen-bond donors (Lipinski definition) is 2. The monoisotopic (exact) mass is 378 g/mol. The first kappa shape index (κ1) is 17.2. The van der Waals surface area contributed by atoms with Gasteiger partial charge in [0.05, 0.1) is 4.92 Å². The largest absolute Gasteiger partial charge is 0.361 e. The number of H-pyrrole nitrogens is 1. The summed E-state index contributed by atoms with van der Waals surface area (Å²) in [4.78, 5) is 15.7. The number of nitrogens with zero attached hydrogens (tertiary/aromatic N) is 2. The molecule has 0 fully saturated rings. The Labute approximate surface area is 161 Å². The molecule has 136 valence electrons. The number of hydrogen-bond acceptors (Lipinski definition) is 3. The van der Waals surface area contributed by atoms with Gasteiger partial charge < -0.3 is 15.2 Å².